The van der Waals surface area contributed by atoms with E-state index in [1.165, 1.54) is 19.3 Å². The van der Waals surface area contributed by atoms with Crippen molar-refractivity contribution in [3.63, 3.8) is 0 Å². The third-order valence-electron chi connectivity index (χ3n) is 4.40. The lowest BCUT2D eigenvalue weighted by molar-refractivity contribution is -0.146. The van der Waals surface area contributed by atoms with Crippen molar-refractivity contribution in [1.82, 2.24) is 5.32 Å². The van der Waals surface area contributed by atoms with Gasteiger partial charge in [-0.3, -0.25) is 9.59 Å². The Balaban J connectivity index is 1.92. The number of hydrogen-bond donors (Lipinski definition) is 2. The van der Waals surface area contributed by atoms with Gasteiger partial charge in [-0.15, -0.1) is 0 Å². The van der Waals surface area contributed by atoms with Crippen molar-refractivity contribution in [1.29, 1.82) is 0 Å². The van der Waals surface area contributed by atoms with Gasteiger partial charge < -0.3 is 10.4 Å². The number of carboxylic acid groups (broad SMARTS) is 1. The van der Waals surface area contributed by atoms with E-state index in [2.05, 4.69) is 5.32 Å². The summed E-state index contributed by atoms with van der Waals surface area (Å²) in [5, 5.41) is 12.2. The second kappa shape index (κ2) is 5.72. The van der Waals surface area contributed by atoms with E-state index in [-0.39, 0.29) is 17.9 Å². The molecule has 1 unspecified atom stereocenters. The smallest absolute Gasteiger partial charge is 0.307 e. The lowest BCUT2D eigenvalue weighted by Gasteiger charge is -2.25. The molecule has 0 saturated heterocycles. The van der Waals surface area contributed by atoms with Crippen molar-refractivity contribution in [3.05, 3.63) is 0 Å². The van der Waals surface area contributed by atoms with Gasteiger partial charge in [0.05, 0.1) is 11.8 Å². The minimum absolute atomic E-state index is 0.0290. The molecule has 2 aliphatic rings. The molecule has 2 rings (SSSR count). The van der Waals surface area contributed by atoms with Crippen LogP contribution in [-0.2, 0) is 9.59 Å². The van der Waals surface area contributed by atoms with E-state index in [0.29, 0.717) is 12.3 Å². The fraction of sp³-hybridized carbons (Fsp3) is 0.857. The van der Waals surface area contributed by atoms with Crippen molar-refractivity contribution in [2.24, 2.45) is 17.8 Å². The number of nitrogens with one attached hydrogen (secondary N) is 1. The molecule has 0 heterocycles. The van der Waals surface area contributed by atoms with Crippen LogP contribution in [0.2, 0.25) is 0 Å². The zero-order valence-electron chi connectivity index (χ0n) is 11.0. The van der Waals surface area contributed by atoms with Crippen molar-refractivity contribution < 1.29 is 14.7 Å². The van der Waals surface area contributed by atoms with Crippen LogP contribution in [0, 0.1) is 17.8 Å². The molecule has 0 aromatic carbocycles. The summed E-state index contributed by atoms with van der Waals surface area (Å²) >= 11 is 0. The first-order chi connectivity index (χ1) is 8.58. The molecule has 102 valence electrons. The monoisotopic (exact) mass is 253 g/mol. The van der Waals surface area contributed by atoms with Gasteiger partial charge in [-0.25, -0.2) is 0 Å². The van der Waals surface area contributed by atoms with E-state index < -0.39 is 11.9 Å². The summed E-state index contributed by atoms with van der Waals surface area (Å²) in [6, 6.07) is 0.275. The molecule has 0 bridgehead atoms. The molecule has 18 heavy (non-hydrogen) atoms. The summed E-state index contributed by atoms with van der Waals surface area (Å²) in [5.74, 6) is -1.31. The third-order valence-corrected chi connectivity index (χ3v) is 4.40. The summed E-state index contributed by atoms with van der Waals surface area (Å²) in [4.78, 5) is 23.4. The van der Waals surface area contributed by atoms with Gasteiger partial charge in [0, 0.05) is 6.04 Å². The largest absolute Gasteiger partial charge is 0.481 e. The molecule has 2 aliphatic carbocycles. The second-order valence-electron chi connectivity index (χ2n) is 5.97. The van der Waals surface area contributed by atoms with Crippen LogP contribution in [0.5, 0.6) is 0 Å². The molecule has 4 heteroatoms. The normalized spacial score (nSPS) is 33.3. The molecule has 0 radical (unpaired) electrons. The van der Waals surface area contributed by atoms with E-state index in [9.17, 15) is 14.7 Å². The van der Waals surface area contributed by atoms with Gasteiger partial charge in [0.15, 0.2) is 0 Å². The van der Waals surface area contributed by atoms with Gasteiger partial charge in [-0.2, -0.15) is 0 Å². The molecule has 4 nitrogen and oxygen atoms in total. The molecule has 0 aromatic rings. The Hall–Kier alpha value is -1.06. The Kier molecular flexibility index (Phi) is 4.25. The summed E-state index contributed by atoms with van der Waals surface area (Å²) < 4.78 is 0. The predicted octanol–water partition coefficient (Wildman–Crippen LogP) is 2.18. The van der Waals surface area contributed by atoms with Gasteiger partial charge in [-0.1, -0.05) is 26.2 Å². The fourth-order valence-corrected chi connectivity index (χ4v) is 3.41. The van der Waals surface area contributed by atoms with Crippen LogP contribution >= 0.6 is 0 Å². The standard InChI is InChI=1S/C14H23NO3/c1-9-7-11(12(8-9)14(17)18)13(16)15-10-5-3-2-4-6-10/h9-12H,2-8H2,1H3,(H,15,16)(H,17,18)/t9?,11-,12+/m0/s1. The lowest BCUT2D eigenvalue weighted by atomic mass is 9.92. The molecule has 3 atom stereocenters. The lowest BCUT2D eigenvalue weighted by Crippen LogP contribution is -2.42. The Morgan fingerprint density at radius 1 is 1.06 bits per heavy atom. The highest BCUT2D eigenvalue weighted by molar-refractivity contribution is 5.85. The molecular weight excluding hydrogens is 230 g/mol. The van der Waals surface area contributed by atoms with Gasteiger partial charge in [-0.05, 0) is 31.6 Å². The Morgan fingerprint density at radius 3 is 2.28 bits per heavy atom. The number of hydrogen-bond acceptors (Lipinski definition) is 2. The summed E-state index contributed by atoms with van der Waals surface area (Å²) in [7, 11) is 0. The molecule has 2 N–H and O–H groups in total. The molecule has 2 saturated carbocycles. The third kappa shape index (κ3) is 3.03. The van der Waals surface area contributed by atoms with E-state index in [1.54, 1.807) is 0 Å². The second-order valence-corrected chi connectivity index (χ2v) is 5.97. The highest BCUT2D eigenvalue weighted by Gasteiger charge is 2.41. The van der Waals surface area contributed by atoms with Crippen molar-refractivity contribution in [2.45, 2.75) is 57.9 Å². The fourth-order valence-electron chi connectivity index (χ4n) is 3.41. The number of carbonyl (C=O) groups is 2. The average Bonchev–Trinajstić information content (AvgIpc) is 2.73. The molecule has 0 aliphatic heterocycles. The van der Waals surface area contributed by atoms with E-state index in [1.807, 2.05) is 6.92 Å². The maximum absolute atomic E-state index is 12.2. The zero-order valence-corrected chi connectivity index (χ0v) is 11.0. The van der Waals surface area contributed by atoms with Gasteiger partial charge >= 0.3 is 5.97 Å². The number of carboxylic acids is 1. The first-order valence-electron chi connectivity index (χ1n) is 7.11. The highest BCUT2D eigenvalue weighted by atomic mass is 16.4. The van der Waals surface area contributed by atoms with Crippen molar-refractivity contribution >= 4 is 11.9 Å². The molecule has 0 spiro atoms. The number of carbonyl (C=O) groups excluding carboxylic acids is 1. The highest BCUT2D eigenvalue weighted by Crippen LogP contribution is 2.36. The van der Waals surface area contributed by atoms with Crippen LogP contribution in [-0.4, -0.2) is 23.0 Å². The van der Waals surface area contributed by atoms with E-state index >= 15 is 0 Å². The Labute approximate surface area is 108 Å². The van der Waals surface area contributed by atoms with Crippen LogP contribution in [0.25, 0.3) is 0 Å². The summed E-state index contributed by atoms with van der Waals surface area (Å²) in [5.41, 5.74) is 0. The predicted molar refractivity (Wildman–Crippen MR) is 68.0 cm³/mol. The first kappa shape index (κ1) is 13.4. The van der Waals surface area contributed by atoms with Crippen LogP contribution in [0.1, 0.15) is 51.9 Å². The van der Waals surface area contributed by atoms with E-state index in [4.69, 9.17) is 0 Å². The molecule has 2 fully saturated rings. The Morgan fingerprint density at radius 2 is 1.67 bits per heavy atom. The molecule has 0 aromatic heterocycles. The molecular formula is C14H23NO3. The first-order valence-corrected chi connectivity index (χ1v) is 7.11. The van der Waals surface area contributed by atoms with Gasteiger partial charge in [0.2, 0.25) is 5.91 Å². The van der Waals surface area contributed by atoms with Gasteiger partial charge in [0.1, 0.15) is 0 Å². The topological polar surface area (TPSA) is 66.4 Å². The Bertz CT molecular complexity index is 323. The quantitative estimate of drug-likeness (QED) is 0.810. The van der Waals surface area contributed by atoms with Crippen LogP contribution in [0.4, 0.5) is 0 Å². The summed E-state index contributed by atoms with van der Waals surface area (Å²) in [6.07, 6.45) is 7.05. The number of rotatable bonds is 3. The SMILES string of the molecule is CC1C[C@H](C(=O)NC2CCCCC2)[C@H](C(=O)O)C1. The number of aliphatic carboxylic acids is 1. The van der Waals surface area contributed by atoms with E-state index in [0.717, 1.165) is 19.3 Å². The van der Waals surface area contributed by atoms with Crippen molar-refractivity contribution in [3.8, 4) is 0 Å². The molecule has 1 amide bonds. The minimum Gasteiger partial charge on any atom is -0.481 e. The van der Waals surface area contributed by atoms with Crippen LogP contribution in [0.3, 0.4) is 0 Å². The van der Waals surface area contributed by atoms with Crippen molar-refractivity contribution in [2.75, 3.05) is 0 Å². The zero-order chi connectivity index (χ0) is 13.1. The maximum atomic E-state index is 12.2. The van der Waals surface area contributed by atoms with Gasteiger partial charge in [0.25, 0.3) is 0 Å². The maximum Gasteiger partial charge on any atom is 0.307 e. The van der Waals surface area contributed by atoms with Crippen LogP contribution < -0.4 is 5.32 Å². The summed E-state index contributed by atoms with van der Waals surface area (Å²) in [6.45, 7) is 2.03. The average molecular weight is 253 g/mol. The van der Waals surface area contributed by atoms with Crippen LogP contribution in [0.15, 0.2) is 0 Å². The minimum atomic E-state index is -0.817. The number of amides is 1.